The van der Waals surface area contributed by atoms with E-state index < -0.39 is 0 Å². The molecule has 126 valence electrons. The van der Waals surface area contributed by atoms with Crippen LogP contribution in [0.5, 0.6) is 0 Å². The molecule has 22 heavy (non-hydrogen) atoms. The monoisotopic (exact) mass is 305 g/mol. The lowest BCUT2D eigenvalue weighted by atomic mass is 9.95. The Morgan fingerprint density at radius 3 is 2.00 bits per heavy atom. The summed E-state index contributed by atoms with van der Waals surface area (Å²) < 4.78 is 0. The van der Waals surface area contributed by atoms with Crippen molar-refractivity contribution in [3.8, 4) is 0 Å². The fourth-order valence-corrected chi connectivity index (χ4v) is 2.59. The van der Waals surface area contributed by atoms with Gasteiger partial charge in [0.2, 0.25) is 0 Å². The molecule has 0 aliphatic rings. The molecule has 0 aliphatic carbocycles. The molecule has 0 radical (unpaired) electrons. The van der Waals surface area contributed by atoms with Crippen LogP contribution in [0.3, 0.4) is 0 Å². The lowest BCUT2D eigenvalue weighted by Crippen LogP contribution is -2.37. The Balaban J connectivity index is 4.76. The highest BCUT2D eigenvalue weighted by molar-refractivity contribution is 5.78. The van der Waals surface area contributed by atoms with E-state index in [0.717, 1.165) is 31.6 Å². The molecule has 2 heteroatoms. The van der Waals surface area contributed by atoms with Gasteiger partial charge in [0.25, 0.3) is 0 Å². The van der Waals surface area contributed by atoms with Gasteiger partial charge in [0.05, 0.1) is 0 Å². The van der Waals surface area contributed by atoms with Crippen LogP contribution in [0.15, 0.2) is 36.5 Å². The second-order valence-electron chi connectivity index (χ2n) is 7.06. The van der Waals surface area contributed by atoms with Gasteiger partial charge in [-0.15, -0.1) is 0 Å². The first-order valence-corrected chi connectivity index (χ1v) is 8.46. The lowest BCUT2D eigenvalue weighted by molar-refractivity contribution is -0.121. The second-order valence-corrected chi connectivity index (χ2v) is 7.06. The minimum Gasteiger partial charge on any atom is -0.302 e. The third-order valence-corrected chi connectivity index (χ3v) is 3.44. The van der Waals surface area contributed by atoms with Crippen LogP contribution < -0.4 is 0 Å². The number of hydrogen-bond donors (Lipinski definition) is 0. The molecular formula is C20H35NO. The fraction of sp³-hybridized carbons (Fsp3) is 0.650. The van der Waals surface area contributed by atoms with Crippen molar-refractivity contribution in [1.29, 1.82) is 0 Å². The zero-order valence-corrected chi connectivity index (χ0v) is 15.4. The first-order chi connectivity index (χ1) is 10.3. The van der Waals surface area contributed by atoms with E-state index in [1.807, 2.05) is 31.2 Å². The summed E-state index contributed by atoms with van der Waals surface area (Å²) in [5, 5.41) is 0. The highest BCUT2D eigenvalue weighted by Gasteiger charge is 2.20. The van der Waals surface area contributed by atoms with E-state index >= 15 is 0 Å². The van der Waals surface area contributed by atoms with Gasteiger partial charge >= 0.3 is 0 Å². The Labute approximate surface area is 138 Å². The number of Topliss-reactive ketones (excluding diaryl/α,β-unsaturated/α-hetero) is 1. The van der Waals surface area contributed by atoms with E-state index in [0.29, 0.717) is 11.8 Å². The molecule has 1 atom stereocenters. The molecule has 2 nitrogen and oxygen atoms in total. The standard InChI is InChI=1S/C20H35NO/c1-8-9-10-11-18(6)12-20(19(7)22)15-21(13-16(2)3)14-17(4)5/h8-11,16-17,20H,6,12-15H2,1-5,7H3/b9-8-,11-10-. The van der Waals surface area contributed by atoms with Gasteiger partial charge in [0.1, 0.15) is 5.78 Å². The van der Waals surface area contributed by atoms with Gasteiger partial charge in [0, 0.05) is 25.6 Å². The number of hydrogen-bond acceptors (Lipinski definition) is 2. The Kier molecular flexibility index (Phi) is 10.8. The van der Waals surface area contributed by atoms with Crippen LogP contribution in [0, 0.1) is 17.8 Å². The number of rotatable bonds is 11. The lowest BCUT2D eigenvalue weighted by Gasteiger charge is -2.29. The Morgan fingerprint density at radius 2 is 1.59 bits per heavy atom. The molecule has 0 aromatic heterocycles. The van der Waals surface area contributed by atoms with Gasteiger partial charge in [-0.25, -0.2) is 0 Å². The van der Waals surface area contributed by atoms with Crippen molar-refractivity contribution < 1.29 is 4.79 Å². The predicted octanol–water partition coefficient (Wildman–Crippen LogP) is 4.88. The molecular weight excluding hydrogens is 270 g/mol. The van der Waals surface area contributed by atoms with E-state index in [2.05, 4.69) is 39.2 Å². The van der Waals surface area contributed by atoms with Gasteiger partial charge in [-0.3, -0.25) is 4.79 Å². The highest BCUT2D eigenvalue weighted by atomic mass is 16.1. The van der Waals surface area contributed by atoms with Crippen LogP contribution in [0.25, 0.3) is 0 Å². The summed E-state index contributed by atoms with van der Waals surface area (Å²) in [7, 11) is 0. The van der Waals surface area contributed by atoms with Crippen LogP contribution in [-0.2, 0) is 4.79 Å². The summed E-state index contributed by atoms with van der Waals surface area (Å²) >= 11 is 0. The number of allylic oxidation sites excluding steroid dienone is 5. The van der Waals surface area contributed by atoms with Crippen LogP contribution in [0.1, 0.15) is 48.0 Å². The maximum Gasteiger partial charge on any atom is 0.134 e. The molecule has 0 amide bonds. The summed E-state index contributed by atoms with van der Waals surface area (Å²) in [6, 6.07) is 0. The van der Waals surface area contributed by atoms with E-state index in [9.17, 15) is 4.79 Å². The molecule has 0 saturated carbocycles. The molecule has 0 rings (SSSR count). The Bertz CT molecular complexity index is 381. The van der Waals surface area contributed by atoms with Crippen molar-refractivity contribution in [1.82, 2.24) is 4.90 Å². The third-order valence-electron chi connectivity index (χ3n) is 3.44. The van der Waals surface area contributed by atoms with Crippen molar-refractivity contribution in [2.45, 2.75) is 48.0 Å². The maximum atomic E-state index is 12.0. The van der Waals surface area contributed by atoms with E-state index in [1.54, 1.807) is 6.92 Å². The molecule has 0 saturated heterocycles. The first kappa shape index (κ1) is 20.9. The zero-order valence-electron chi connectivity index (χ0n) is 15.4. The molecule has 0 N–H and O–H groups in total. The van der Waals surface area contributed by atoms with E-state index in [4.69, 9.17) is 0 Å². The normalized spacial score (nSPS) is 13.9. The topological polar surface area (TPSA) is 20.3 Å². The molecule has 1 unspecified atom stereocenters. The molecule has 0 fully saturated rings. The molecule has 0 aromatic carbocycles. The first-order valence-electron chi connectivity index (χ1n) is 8.46. The van der Waals surface area contributed by atoms with Gasteiger partial charge < -0.3 is 4.90 Å². The summed E-state index contributed by atoms with van der Waals surface area (Å²) in [6.07, 6.45) is 8.71. The smallest absolute Gasteiger partial charge is 0.134 e. The van der Waals surface area contributed by atoms with Crippen LogP contribution in [0.4, 0.5) is 0 Å². The molecule has 0 bridgehead atoms. The Hall–Kier alpha value is -1.15. The highest BCUT2D eigenvalue weighted by Crippen LogP contribution is 2.16. The van der Waals surface area contributed by atoms with Crippen molar-refractivity contribution >= 4 is 5.78 Å². The van der Waals surface area contributed by atoms with Crippen LogP contribution in [0.2, 0.25) is 0 Å². The number of carbonyl (C=O) groups is 1. The van der Waals surface area contributed by atoms with E-state index in [1.165, 1.54) is 0 Å². The largest absolute Gasteiger partial charge is 0.302 e. The molecule has 0 aliphatic heterocycles. The van der Waals surface area contributed by atoms with Crippen molar-refractivity contribution in [2.75, 3.05) is 19.6 Å². The van der Waals surface area contributed by atoms with Gasteiger partial charge in [0.15, 0.2) is 0 Å². The number of carbonyl (C=O) groups excluding carboxylic acids is 1. The number of ketones is 1. The second kappa shape index (κ2) is 11.4. The van der Waals surface area contributed by atoms with Crippen molar-refractivity contribution in [3.05, 3.63) is 36.5 Å². The predicted molar refractivity (Wildman–Crippen MR) is 98.0 cm³/mol. The van der Waals surface area contributed by atoms with Gasteiger partial charge in [-0.2, -0.15) is 0 Å². The molecule has 0 spiro atoms. The van der Waals surface area contributed by atoms with Crippen LogP contribution >= 0.6 is 0 Å². The summed E-state index contributed by atoms with van der Waals surface area (Å²) in [6.45, 7) is 19.6. The Morgan fingerprint density at radius 1 is 1.05 bits per heavy atom. The van der Waals surface area contributed by atoms with Crippen molar-refractivity contribution in [2.24, 2.45) is 17.8 Å². The third kappa shape index (κ3) is 10.6. The van der Waals surface area contributed by atoms with Gasteiger partial charge in [-0.05, 0) is 32.1 Å². The quantitative estimate of drug-likeness (QED) is 0.507. The summed E-state index contributed by atoms with van der Waals surface area (Å²) in [4.78, 5) is 14.4. The van der Waals surface area contributed by atoms with Gasteiger partial charge in [-0.1, -0.05) is 64.2 Å². The SMILES string of the molecule is C=C(/C=C\C=C/C)CC(CN(CC(C)C)CC(C)C)C(C)=O. The minimum atomic E-state index is 0.0419. The maximum absolute atomic E-state index is 12.0. The average Bonchev–Trinajstić information content (AvgIpc) is 2.36. The molecule has 0 aromatic rings. The molecule has 0 heterocycles. The average molecular weight is 306 g/mol. The van der Waals surface area contributed by atoms with Crippen molar-refractivity contribution in [3.63, 3.8) is 0 Å². The minimum absolute atomic E-state index is 0.0419. The number of nitrogens with zero attached hydrogens (tertiary/aromatic N) is 1. The fourth-order valence-electron chi connectivity index (χ4n) is 2.59. The summed E-state index contributed by atoms with van der Waals surface area (Å²) in [5.74, 6) is 1.53. The van der Waals surface area contributed by atoms with Crippen LogP contribution in [-0.4, -0.2) is 30.3 Å². The summed E-state index contributed by atoms with van der Waals surface area (Å²) in [5.41, 5.74) is 1.02. The zero-order chi connectivity index (χ0) is 17.1. The van der Waals surface area contributed by atoms with E-state index in [-0.39, 0.29) is 11.7 Å².